The van der Waals surface area contributed by atoms with Crippen molar-refractivity contribution in [3.63, 3.8) is 0 Å². The number of nitrogens with zero attached hydrogens (tertiary/aromatic N) is 1. The summed E-state index contributed by atoms with van der Waals surface area (Å²) in [7, 11) is 0. The average Bonchev–Trinajstić information content (AvgIpc) is 2.82. The van der Waals surface area contributed by atoms with Gasteiger partial charge in [0.2, 0.25) is 0 Å². The number of hydrogen-bond donors (Lipinski definition) is 0. The van der Waals surface area contributed by atoms with Crippen LogP contribution >= 0.6 is 0 Å². The second kappa shape index (κ2) is 13.8. The third-order valence-corrected chi connectivity index (χ3v) is 7.45. The largest absolute Gasteiger partial charge is 0.256 e. The second-order valence-electron chi connectivity index (χ2n) is 10.0. The number of pyridine rings is 1. The monoisotopic (exact) mass is 437 g/mol. The highest BCUT2D eigenvalue weighted by Gasteiger charge is 2.22. The van der Waals surface area contributed by atoms with Gasteiger partial charge in [-0.3, -0.25) is 4.98 Å². The summed E-state index contributed by atoms with van der Waals surface area (Å²) in [6, 6.07) is 9.93. The van der Waals surface area contributed by atoms with Crippen molar-refractivity contribution in [1.82, 2.24) is 4.98 Å². The van der Waals surface area contributed by atoms with E-state index in [9.17, 15) is 4.39 Å². The molecule has 0 amide bonds. The van der Waals surface area contributed by atoms with Gasteiger partial charge in [-0.2, -0.15) is 0 Å². The quantitative estimate of drug-likeness (QED) is 0.284. The highest BCUT2D eigenvalue weighted by molar-refractivity contribution is 5.60. The molecule has 1 aliphatic carbocycles. The van der Waals surface area contributed by atoms with Crippen LogP contribution in [0.25, 0.3) is 11.3 Å². The summed E-state index contributed by atoms with van der Waals surface area (Å²) in [6.07, 6.45) is 21.3. The maximum absolute atomic E-state index is 14.8. The van der Waals surface area contributed by atoms with E-state index in [-0.39, 0.29) is 5.82 Å². The topological polar surface area (TPSA) is 12.9 Å². The van der Waals surface area contributed by atoms with Crippen molar-refractivity contribution in [2.45, 2.75) is 116 Å². The molecular formula is C30H44FN. The maximum Gasteiger partial charge on any atom is 0.132 e. The smallest absolute Gasteiger partial charge is 0.132 e. The van der Waals surface area contributed by atoms with Gasteiger partial charge in [-0.05, 0) is 79.7 Å². The number of unbranched alkanes of at least 4 members (excludes halogenated alkanes) is 7. The molecule has 1 fully saturated rings. The first-order valence-corrected chi connectivity index (χ1v) is 13.5. The zero-order valence-electron chi connectivity index (χ0n) is 20.6. The lowest BCUT2D eigenvalue weighted by atomic mass is 9.77. The van der Waals surface area contributed by atoms with Gasteiger partial charge in [0, 0.05) is 11.8 Å². The van der Waals surface area contributed by atoms with Crippen LogP contribution in [-0.2, 0) is 6.42 Å². The van der Waals surface area contributed by atoms with Gasteiger partial charge >= 0.3 is 0 Å². The van der Waals surface area contributed by atoms with Gasteiger partial charge in [-0.25, -0.2) is 4.39 Å². The van der Waals surface area contributed by atoms with E-state index in [0.717, 1.165) is 30.0 Å². The van der Waals surface area contributed by atoms with Gasteiger partial charge in [-0.15, -0.1) is 0 Å². The highest BCUT2D eigenvalue weighted by atomic mass is 19.1. The maximum atomic E-state index is 14.8. The van der Waals surface area contributed by atoms with Crippen molar-refractivity contribution < 1.29 is 4.39 Å². The molecule has 1 saturated carbocycles. The molecule has 3 rings (SSSR count). The van der Waals surface area contributed by atoms with Crippen molar-refractivity contribution in [2.75, 3.05) is 0 Å². The Balaban J connectivity index is 1.49. The van der Waals surface area contributed by atoms with E-state index in [1.165, 1.54) is 89.0 Å². The normalized spacial score (nSPS) is 18.7. The summed E-state index contributed by atoms with van der Waals surface area (Å²) >= 11 is 0. The summed E-state index contributed by atoms with van der Waals surface area (Å²) in [4.78, 5) is 4.66. The lowest BCUT2D eigenvalue weighted by molar-refractivity contribution is 0.302. The SMILES string of the molecule is CCCCCCCCc1ccc(-c2ccc(C3CCC(CCCCC)CC3)cn2)c(F)c1. The molecule has 0 atom stereocenters. The van der Waals surface area contributed by atoms with Gasteiger partial charge in [0.15, 0.2) is 0 Å². The highest BCUT2D eigenvalue weighted by Crippen LogP contribution is 2.38. The third-order valence-electron chi connectivity index (χ3n) is 7.45. The minimum Gasteiger partial charge on any atom is -0.256 e. The fraction of sp³-hybridized carbons (Fsp3) is 0.633. The Morgan fingerprint density at radius 2 is 1.53 bits per heavy atom. The van der Waals surface area contributed by atoms with Crippen molar-refractivity contribution in [2.24, 2.45) is 5.92 Å². The summed E-state index contributed by atoms with van der Waals surface area (Å²) in [6.45, 7) is 4.53. The van der Waals surface area contributed by atoms with Gasteiger partial charge < -0.3 is 0 Å². The zero-order valence-corrected chi connectivity index (χ0v) is 20.6. The Morgan fingerprint density at radius 1 is 0.812 bits per heavy atom. The molecular weight excluding hydrogens is 393 g/mol. The average molecular weight is 438 g/mol. The van der Waals surface area contributed by atoms with Crippen LogP contribution < -0.4 is 0 Å². The molecule has 176 valence electrons. The zero-order chi connectivity index (χ0) is 22.6. The van der Waals surface area contributed by atoms with Crippen LogP contribution in [0.5, 0.6) is 0 Å². The van der Waals surface area contributed by atoms with Gasteiger partial charge in [0.1, 0.15) is 5.82 Å². The molecule has 0 spiro atoms. The molecule has 0 aliphatic heterocycles. The predicted molar refractivity (Wildman–Crippen MR) is 136 cm³/mol. The summed E-state index contributed by atoms with van der Waals surface area (Å²) < 4.78 is 14.8. The molecule has 0 radical (unpaired) electrons. The van der Waals surface area contributed by atoms with E-state index in [4.69, 9.17) is 0 Å². The van der Waals surface area contributed by atoms with E-state index >= 15 is 0 Å². The van der Waals surface area contributed by atoms with E-state index in [1.54, 1.807) is 6.07 Å². The van der Waals surface area contributed by atoms with Crippen LogP contribution in [0.3, 0.4) is 0 Å². The Bertz CT molecular complexity index is 774. The first-order chi connectivity index (χ1) is 15.7. The predicted octanol–water partition coefficient (Wildman–Crippen LogP) is 9.64. The van der Waals surface area contributed by atoms with E-state index < -0.39 is 0 Å². The first-order valence-electron chi connectivity index (χ1n) is 13.5. The van der Waals surface area contributed by atoms with Crippen LogP contribution in [0.2, 0.25) is 0 Å². The van der Waals surface area contributed by atoms with Gasteiger partial charge in [0.05, 0.1) is 5.69 Å². The minimum absolute atomic E-state index is 0.138. The first kappa shape index (κ1) is 24.9. The molecule has 0 saturated heterocycles. The number of aromatic nitrogens is 1. The summed E-state index contributed by atoms with van der Waals surface area (Å²) in [5, 5.41) is 0. The fourth-order valence-corrected chi connectivity index (χ4v) is 5.30. The molecule has 1 aromatic heterocycles. The van der Waals surface area contributed by atoms with Crippen molar-refractivity contribution >= 4 is 0 Å². The third kappa shape index (κ3) is 7.71. The van der Waals surface area contributed by atoms with E-state index in [0.29, 0.717) is 11.5 Å². The standard InChI is InChI=1S/C30H44FN/c1-3-5-7-8-9-11-13-25-16-20-28(29(31)22-25)30-21-19-27(23-32-30)26-17-14-24(15-18-26)12-10-6-4-2/h16,19-24,26H,3-15,17-18H2,1-2H3. The summed E-state index contributed by atoms with van der Waals surface area (Å²) in [5.74, 6) is 1.42. The molecule has 1 aromatic carbocycles. The Hall–Kier alpha value is -1.70. The lowest BCUT2D eigenvalue weighted by Gasteiger charge is -2.28. The number of halogens is 1. The molecule has 0 bridgehead atoms. The number of hydrogen-bond acceptors (Lipinski definition) is 1. The fourth-order valence-electron chi connectivity index (χ4n) is 5.30. The van der Waals surface area contributed by atoms with Crippen molar-refractivity contribution in [3.8, 4) is 11.3 Å². The molecule has 0 unspecified atom stereocenters. The Kier molecular flexibility index (Phi) is 10.7. The number of rotatable bonds is 13. The number of benzene rings is 1. The van der Waals surface area contributed by atoms with E-state index in [2.05, 4.69) is 31.0 Å². The minimum atomic E-state index is -0.138. The molecule has 1 nitrogen and oxygen atoms in total. The van der Waals surface area contributed by atoms with Crippen LogP contribution in [0.4, 0.5) is 4.39 Å². The molecule has 0 N–H and O–H groups in total. The van der Waals surface area contributed by atoms with Crippen LogP contribution in [-0.4, -0.2) is 4.98 Å². The van der Waals surface area contributed by atoms with Crippen molar-refractivity contribution in [3.05, 3.63) is 53.5 Å². The molecule has 32 heavy (non-hydrogen) atoms. The lowest BCUT2D eigenvalue weighted by Crippen LogP contribution is -2.13. The van der Waals surface area contributed by atoms with Crippen LogP contribution in [0.1, 0.15) is 121 Å². The Morgan fingerprint density at radius 3 is 2.22 bits per heavy atom. The van der Waals surface area contributed by atoms with Gasteiger partial charge in [0.25, 0.3) is 0 Å². The van der Waals surface area contributed by atoms with E-state index in [1.807, 2.05) is 18.3 Å². The molecule has 1 heterocycles. The molecule has 2 heteroatoms. The Labute approximate surface area is 196 Å². The van der Waals surface area contributed by atoms with Crippen LogP contribution in [0.15, 0.2) is 36.5 Å². The summed E-state index contributed by atoms with van der Waals surface area (Å²) in [5.41, 5.74) is 3.82. The molecule has 2 aromatic rings. The van der Waals surface area contributed by atoms with Crippen LogP contribution in [0, 0.1) is 11.7 Å². The van der Waals surface area contributed by atoms with Crippen molar-refractivity contribution in [1.29, 1.82) is 0 Å². The second-order valence-corrected chi connectivity index (χ2v) is 10.0. The number of aryl methyl sites for hydroxylation is 1. The van der Waals surface area contributed by atoms with Gasteiger partial charge in [-0.1, -0.05) is 83.8 Å². The molecule has 1 aliphatic rings.